The highest BCUT2D eigenvalue weighted by Gasteiger charge is 2.29. The molecule has 19 heavy (non-hydrogen) atoms. The molecule has 0 amide bonds. The van der Waals surface area contributed by atoms with Gasteiger partial charge < -0.3 is 20.1 Å². The summed E-state index contributed by atoms with van der Waals surface area (Å²) in [6.45, 7) is 3.24. The van der Waals surface area contributed by atoms with Gasteiger partial charge in [-0.3, -0.25) is 4.79 Å². The van der Waals surface area contributed by atoms with E-state index in [1.807, 2.05) is 19.1 Å². The van der Waals surface area contributed by atoms with Crippen molar-refractivity contribution in [2.45, 2.75) is 25.4 Å². The van der Waals surface area contributed by atoms with E-state index in [1.54, 1.807) is 6.20 Å². The molecule has 104 valence electrons. The molecule has 2 atom stereocenters. The van der Waals surface area contributed by atoms with E-state index in [-0.39, 0.29) is 18.1 Å². The smallest absolute Gasteiger partial charge is 0.322 e. The van der Waals surface area contributed by atoms with Gasteiger partial charge in [0.15, 0.2) is 0 Å². The van der Waals surface area contributed by atoms with Gasteiger partial charge in [0.2, 0.25) is 5.88 Å². The zero-order chi connectivity index (χ0) is 13.7. The molecule has 2 rings (SSSR count). The van der Waals surface area contributed by atoms with E-state index < -0.39 is 0 Å². The number of carbonyl (C=O) groups excluding carboxylic acids is 1. The van der Waals surface area contributed by atoms with Gasteiger partial charge in [-0.2, -0.15) is 0 Å². The molecule has 0 unspecified atom stereocenters. The minimum absolute atomic E-state index is 0.195. The van der Waals surface area contributed by atoms with E-state index >= 15 is 0 Å². The summed E-state index contributed by atoms with van der Waals surface area (Å²) in [4.78, 5) is 15.5. The average molecular weight is 265 g/mol. The van der Waals surface area contributed by atoms with Crippen LogP contribution in [0.4, 0.5) is 5.69 Å². The van der Waals surface area contributed by atoms with Crippen LogP contribution in [0.5, 0.6) is 5.88 Å². The fourth-order valence-corrected chi connectivity index (χ4v) is 2.13. The highest BCUT2D eigenvalue weighted by molar-refractivity contribution is 5.76. The molecule has 0 aromatic carbocycles. The van der Waals surface area contributed by atoms with Crippen molar-refractivity contribution in [2.75, 3.05) is 25.6 Å². The Morgan fingerprint density at radius 1 is 1.63 bits per heavy atom. The fourth-order valence-electron chi connectivity index (χ4n) is 2.13. The summed E-state index contributed by atoms with van der Waals surface area (Å²) in [6.07, 6.45) is 2.41. The minimum Gasteiger partial charge on any atom is -0.478 e. The van der Waals surface area contributed by atoms with E-state index in [0.29, 0.717) is 18.9 Å². The highest BCUT2D eigenvalue weighted by atomic mass is 16.5. The van der Waals surface area contributed by atoms with E-state index in [1.165, 1.54) is 7.11 Å². The number of hydrogen-bond acceptors (Lipinski definition) is 6. The van der Waals surface area contributed by atoms with Crippen molar-refractivity contribution >= 4 is 11.7 Å². The largest absolute Gasteiger partial charge is 0.478 e. The van der Waals surface area contributed by atoms with Gasteiger partial charge in [0.25, 0.3) is 0 Å². The maximum atomic E-state index is 11.4. The van der Waals surface area contributed by atoms with Gasteiger partial charge in [-0.1, -0.05) is 0 Å². The van der Waals surface area contributed by atoms with Crippen molar-refractivity contribution in [3.05, 3.63) is 18.3 Å². The Morgan fingerprint density at radius 2 is 2.47 bits per heavy atom. The van der Waals surface area contributed by atoms with Crippen LogP contribution < -0.4 is 15.4 Å². The molecule has 0 bridgehead atoms. The molecule has 1 aliphatic rings. The molecule has 6 nitrogen and oxygen atoms in total. The van der Waals surface area contributed by atoms with Crippen LogP contribution in [0.3, 0.4) is 0 Å². The van der Waals surface area contributed by atoms with Crippen LogP contribution in [0, 0.1) is 0 Å². The number of nitrogens with zero attached hydrogens (tertiary/aromatic N) is 1. The summed E-state index contributed by atoms with van der Waals surface area (Å²) in [5, 5.41) is 6.49. The van der Waals surface area contributed by atoms with Crippen LogP contribution in [-0.4, -0.2) is 43.3 Å². The molecule has 1 aromatic heterocycles. The van der Waals surface area contributed by atoms with Crippen molar-refractivity contribution in [1.29, 1.82) is 0 Å². The van der Waals surface area contributed by atoms with Crippen LogP contribution in [0.2, 0.25) is 0 Å². The van der Waals surface area contributed by atoms with Crippen LogP contribution in [-0.2, 0) is 9.53 Å². The van der Waals surface area contributed by atoms with Crippen LogP contribution in [0.15, 0.2) is 18.3 Å². The van der Waals surface area contributed by atoms with Crippen molar-refractivity contribution in [3.63, 3.8) is 0 Å². The van der Waals surface area contributed by atoms with Gasteiger partial charge in [-0.15, -0.1) is 0 Å². The van der Waals surface area contributed by atoms with Crippen LogP contribution in [0.25, 0.3) is 0 Å². The van der Waals surface area contributed by atoms with Crippen LogP contribution in [0.1, 0.15) is 13.3 Å². The van der Waals surface area contributed by atoms with E-state index in [0.717, 1.165) is 12.2 Å². The van der Waals surface area contributed by atoms with Gasteiger partial charge in [0.05, 0.1) is 13.7 Å². The third-order valence-electron chi connectivity index (χ3n) is 3.01. The Labute approximate surface area is 112 Å². The minimum atomic E-state index is -0.226. The maximum Gasteiger partial charge on any atom is 0.322 e. The van der Waals surface area contributed by atoms with Gasteiger partial charge >= 0.3 is 5.97 Å². The molecule has 0 spiro atoms. The van der Waals surface area contributed by atoms with Crippen molar-refractivity contribution in [1.82, 2.24) is 10.3 Å². The normalized spacial score (nSPS) is 22.0. The lowest BCUT2D eigenvalue weighted by molar-refractivity contribution is -0.142. The molecular formula is C13H19N3O3. The van der Waals surface area contributed by atoms with Gasteiger partial charge in [-0.05, 0) is 19.4 Å². The average Bonchev–Trinajstić information content (AvgIpc) is 2.87. The predicted octanol–water partition coefficient (Wildman–Crippen LogP) is 0.796. The molecule has 2 heterocycles. The first-order valence-corrected chi connectivity index (χ1v) is 6.39. The van der Waals surface area contributed by atoms with E-state index in [2.05, 4.69) is 15.6 Å². The first kappa shape index (κ1) is 13.6. The Hall–Kier alpha value is -1.82. The molecule has 0 saturated carbocycles. The number of anilines is 1. The number of nitrogens with one attached hydrogen (secondary N) is 2. The number of carbonyl (C=O) groups is 1. The zero-order valence-electron chi connectivity index (χ0n) is 11.2. The van der Waals surface area contributed by atoms with Gasteiger partial charge in [0, 0.05) is 30.5 Å². The van der Waals surface area contributed by atoms with E-state index in [9.17, 15) is 4.79 Å². The Morgan fingerprint density at radius 3 is 3.21 bits per heavy atom. The number of hydrogen-bond donors (Lipinski definition) is 2. The third kappa shape index (κ3) is 3.57. The summed E-state index contributed by atoms with van der Waals surface area (Å²) < 4.78 is 10.1. The fraction of sp³-hybridized carbons (Fsp3) is 0.538. The SMILES string of the molecule is CCOc1cc(N[C@@H]2CN[C@@H](C(=O)OC)C2)ccn1. The number of rotatable bonds is 5. The number of aromatic nitrogens is 1. The van der Waals surface area contributed by atoms with Crippen molar-refractivity contribution in [2.24, 2.45) is 0 Å². The quantitative estimate of drug-likeness (QED) is 0.767. The van der Waals surface area contributed by atoms with E-state index in [4.69, 9.17) is 9.47 Å². The third-order valence-corrected chi connectivity index (χ3v) is 3.01. The van der Waals surface area contributed by atoms with Crippen molar-refractivity contribution in [3.8, 4) is 5.88 Å². The molecule has 0 aliphatic carbocycles. The molecule has 1 saturated heterocycles. The number of esters is 1. The lowest BCUT2D eigenvalue weighted by Crippen LogP contribution is -2.31. The lowest BCUT2D eigenvalue weighted by Gasteiger charge is -2.13. The second-order valence-electron chi connectivity index (χ2n) is 4.38. The maximum absolute atomic E-state index is 11.4. The lowest BCUT2D eigenvalue weighted by atomic mass is 10.1. The second-order valence-corrected chi connectivity index (χ2v) is 4.38. The molecule has 1 aromatic rings. The standard InChI is InChI=1S/C13H19N3O3/c1-3-19-12-7-9(4-5-14-12)16-10-6-11(15-8-10)13(17)18-2/h4-5,7,10-11,15H,3,6,8H2,1-2H3,(H,14,16)/t10-,11+/m0/s1. The summed E-state index contributed by atoms with van der Waals surface area (Å²) in [6, 6.07) is 3.71. The Bertz CT molecular complexity index is 439. The molecule has 0 radical (unpaired) electrons. The van der Waals surface area contributed by atoms with Gasteiger partial charge in [0.1, 0.15) is 6.04 Å². The Balaban J connectivity index is 1.91. The summed E-state index contributed by atoms with van der Waals surface area (Å²) >= 11 is 0. The highest BCUT2D eigenvalue weighted by Crippen LogP contribution is 2.18. The number of pyridine rings is 1. The summed E-state index contributed by atoms with van der Waals surface area (Å²) in [5.41, 5.74) is 0.941. The topological polar surface area (TPSA) is 72.5 Å². The molecule has 1 aliphatic heterocycles. The Kier molecular flexibility index (Phi) is 4.57. The number of ether oxygens (including phenoxy) is 2. The zero-order valence-corrected chi connectivity index (χ0v) is 11.2. The second kappa shape index (κ2) is 6.38. The monoisotopic (exact) mass is 265 g/mol. The van der Waals surface area contributed by atoms with Gasteiger partial charge in [-0.25, -0.2) is 4.98 Å². The van der Waals surface area contributed by atoms with Crippen LogP contribution >= 0.6 is 0 Å². The molecule has 2 N–H and O–H groups in total. The first-order valence-electron chi connectivity index (χ1n) is 6.39. The predicted molar refractivity (Wildman–Crippen MR) is 71.2 cm³/mol. The van der Waals surface area contributed by atoms with Crippen molar-refractivity contribution < 1.29 is 14.3 Å². The summed E-state index contributed by atoms with van der Waals surface area (Å²) in [5.74, 6) is 0.386. The molecule has 1 fully saturated rings. The summed E-state index contributed by atoms with van der Waals surface area (Å²) in [7, 11) is 1.40. The molecule has 6 heteroatoms. The first-order chi connectivity index (χ1) is 9.22. The number of methoxy groups -OCH3 is 1. The molecular weight excluding hydrogens is 246 g/mol.